The number of methoxy groups -OCH3 is 1. The van der Waals surface area contributed by atoms with Gasteiger partial charge in [-0.15, -0.1) is 0 Å². The predicted octanol–water partition coefficient (Wildman–Crippen LogP) is 1.84. The molecule has 4 nitrogen and oxygen atoms in total. The molecule has 1 aliphatic heterocycles. The van der Waals surface area contributed by atoms with Gasteiger partial charge in [-0.1, -0.05) is 6.07 Å². The largest absolute Gasteiger partial charge is 0.495 e. The number of nitriles is 1. The summed E-state index contributed by atoms with van der Waals surface area (Å²) in [5.74, 6) is 0.611. The van der Waals surface area contributed by atoms with E-state index in [1.54, 1.807) is 13.2 Å². The lowest BCUT2D eigenvalue weighted by atomic mass is 10.1. The first-order valence-electron chi connectivity index (χ1n) is 6.23. The zero-order chi connectivity index (χ0) is 12.8. The topological polar surface area (TPSA) is 54.3 Å². The molecule has 1 aromatic carbocycles. The first kappa shape index (κ1) is 12.9. The van der Waals surface area contributed by atoms with Gasteiger partial charge in [-0.3, -0.25) is 0 Å². The van der Waals surface area contributed by atoms with Crippen molar-refractivity contribution < 1.29 is 9.47 Å². The van der Waals surface area contributed by atoms with Crippen LogP contribution in [0.25, 0.3) is 0 Å². The standard InChI is InChI=1S/C14H18N2O2/c1-17-14-7-11(4-5-12(14)8-15)10-18-13-3-2-6-16-9-13/h4-5,7,13,16H,2-3,6,9-10H2,1H3/t13-/m0/s1. The third-order valence-corrected chi connectivity index (χ3v) is 3.12. The number of hydrogen-bond acceptors (Lipinski definition) is 4. The van der Waals surface area contributed by atoms with Gasteiger partial charge in [0.1, 0.15) is 11.8 Å². The Morgan fingerprint density at radius 3 is 3.06 bits per heavy atom. The summed E-state index contributed by atoms with van der Waals surface area (Å²) < 4.78 is 11.0. The van der Waals surface area contributed by atoms with Crippen molar-refractivity contribution in [3.8, 4) is 11.8 Å². The zero-order valence-corrected chi connectivity index (χ0v) is 10.6. The molecule has 1 saturated heterocycles. The van der Waals surface area contributed by atoms with Crippen molar-refractivity contribution in [1.29, 1.82) is 5.26 Å². The van der Waals surface area contributed by atoms with Crippen molar-refractivity contribution >= 4 is 0 Å². The molecule has 0 bridgehead atoms. The molecule has 1 heterocycles. The van der Waals surface area contributed by atoms with Crippen molar-refractivity contribution in [2.45, 2.75) is 25.6 Å². The number of hydrogen-bond donors (Lipinski definition) is 1. The van der Waals surface area contributed by atoms with E-state index in [9.17, 15) is 0 Å². The van der Waals surface area contributed by atoms with Gasteiger partial charge in [-0.05, 0) is 37.1 Å². The van der Waals surface area contributed by atoms with Gasteiger partial charge >= 0.3 is 0 Å². The van der Waals surface area contributed by atoms with Crippen molar-refractivity contribution in [3.05, 3.63) is 29.3 Å². The van der Waals surface area contributed by atoms with E-state index in [1.165, 1.54) is 6.42 Å². The molecular weight excluding hydrogens is 228 g/mol. The van der Waals surface area contributed by atoms with Gasteiger partial charge in [0, 0.05) is 6.54 Å². The van der Waals surface area contributed by atoms with Crippen LogP contribution in [-0.2, 0) is 11.3 Å². The highest BCUT2D eigenvalue weighted by Crippen LogP contribution is 2.20. The molecule has 0 aliphatic carbocycles. The molecule has 1 N–H and O–H groups in total. The lowest BCUT2D eigenvalue weighted by Crippen LogP contribution is -2.35. The van der Waals surface area contributed by atoms with E-state index in [2.05, 4.69) is 11.4 Å². The molecule has 0 radical (unpaired) electrons. The smallest absolute Gasteiger partial charge is 0.136 e. The van der Waals surface area contributed by atoms with Gasteiger partial charge in [0.05, 0.1) is 25.4 Å². The van der Waals surface area contributed by atoms with Gasteiger partial charge in [0.2, 0.25) is 0 Å². The Kier molecular flexibility index (Phi) is 4.57. The summed E-state index contributed by atoms with van der Waals surface area (Å²) in [5.41, 5.74) is 1.59. The summed E-state index contributed by atoms with van der Waals surface area (Å²) in [5, 5.41) is 12.2. The molecule has 1 atom stereocenters. The minimum Gasteiger partial charge on any atom is -0.495 e. The van der Waals surface area contributed by atoms with Gasteiger partial charge < -0.3 is 14.8 Å². The Hall–Kier alpha value is -1.57. The van der Waals surface area contributed by atoms with Crippen LogP contribution >= 0.6 is 0 Å². The average Bonchev–Trinajstić information content (AvgIpc) is 2.45. The van der Waals surface area contributed by atoms with Gasteiger partial charge in [0.15, 0.2) is 0 Å². The number of rotatable bonds is 4. The number of benzene rings is 1. The fourth-order valence-corrected chi connectivity index (χ4v) is 2.09. The SMILES string of the molecule is COc1cc(CO[C@H]2CCCNC2)ccc1C#N. The molecule has 4 heteroatoms. The van der Waals surface area contributed by atoms with Crippen LogP contribution in [0.4, 0.5) is 0 Å². The van der Waals surface area contributed by atoms with Crippen molar-refractivity contribution in [2.75, 3.05) is 20.2 Å². The summed E-state index contributed by atoms with van der Waals surface area (Å²) in [7, 11) is 1.58. The lowest BCUT2D eigenvalue weighted by molar-refractivity contribution is 0.0252. The fourth-order valence-electron chi connectivity index (χ4n) is 2.09. The summed E-state index contributed by atoms with van der Waals surface area (Å²) in [4.78, 5) is 0. The van der Waals surface area contributed by atoms with E-state index in [4.69, 9.17) is 14.7 Å². The molecule has 1 aromatic rings. The second kappa shape index (κ2) is 6.39. The average molecular weight is 246 g/mol. The molecule has 0 amide bonds. The van der Waals surface area contributed by atoms with Gasteiger partial charge in [-0.2, -0.15) is 5.26 Å². The molecule has 1 aliphatic rings. The summed E-state index contributed by atoms with van der Waals surface area (Å²) >= 11 is 0. The molecular formula is C14H18N2O2. The van der Waals surface area contributed by atoms with Crippen molar-refractivity contribution in [3.63, 3.8) is 0 Å². The van der Waals surface area contributed by atoms with Crippen molar-refractivity contribution in [1.82, 2.24) is 5.32 Å². The van der Waals surface area contributed by atoms with E-state index in [-0.39, 0.29) is 0 Å². The van der Waals surface area contributed by atoms with E-state index < -0.39 is 0 Å². The molecule has 0 saturated carbocycles. The fraction of sp³-hybridized carbons (Fsp3) is 0.500. The minimum atomic E-state index is 0.292. The Bertz CT molecular complexity index is 434. The second-order valence-electron chi connectivity index (χ2n) is 4.43. The number of piperidine rings is 1. The molecule has 0 unspecified atom stereocenters. The van der Waals surface area contributed by atoms with E-state index >= 15 is 0 Å². The molecule has 0 spiro atoms. The second-order valence-corrected chi connectivity index (χ2v) is 4.43. The van der Waals surface area contributed by atoms with Gasteiger partial charge in [-0.25, -0.2) is 0 Å². The first-order valence-corrected chi connectivity index (χ1v) is 6.23. The van der Waals surface area contributed by atoms with E-state index in [0.29, 0.717) is 24.0 Å². The number of nitrogens with zero attached hydrogens (tertiary/aromatic N) is 1. The van der Waals surface area contributed by atoms with Crippen LogP contribution in [0.15, 0.2) is 18.2 Å². The monoisotopic (exact) mass is 246 g/mol. The molecule has 96 valence electrons. The molecule has 18 heavy (non-hydrogen) atoms. The van der Waals surface area contributed by atoms with Crippen LogP contribution in [0.1, 0.15) is 24.0 Å². The Morgan fingerprint density at radius 2 is 2.39 bits per heavy atom. The molecule has 2 rings (SSSR count). The Balaban J connectivity index is 1.95. The van der Waals surface area contributed by atoms with Gasteiger partial charge in [0.25, 0.3) is 0 Å². The zero-order valence-electron chi connectivity index (χ0n) is 10.6. The maximum Gasteiger partial charge on any atom is 0.136 e. The quantitative estimate of drug-likeness (QED) is 0.880. The maximum atomic E-state index is 8.90. The van der Waals surface area contributed by atoms with Crippen LogP contribution < -0.4 is 10.1 Å². The number of ether oxygens (including phenoxy) is 2. The first-order chi connectivity index (χ1) is 8.83. The van der Waals surface area contributed by atoms with Crippen LogP contribution in [0, 0.1) is 11.3 Å². The number of nitrogens with one attached hydrogen (secondary N) is 1. The van der Waals surface area contributed by atoms with Crippen LogP contribution in [0.5, 0.6) is 5.75 Å². The molecule has 1 fully saturated rings. The Morgan fingerprint density at radius 1 is 1.50 bits per heavy atom. The summed E-state index contributed by atoms with van der Waals surface area (Å²) in [6.07, 6.45) is 2.57. The Labute approximate surface area is 108 Å². The normalized spacial score (nSPS) is 19.2. The maximum absolute atomic E-state index is 8.90. The highest BCUT2D eigenvalue weighted by atomic mass is 16.5. The van der Waals surface area contributed by atoms with E-state index in [0.717, 1.165) is 25.1 Å². The third-order valence-electron chi connectivity index (χ3n) is 3.12. The van der Waals surface area contributed by atoms with Crippen LogP contribution in [0.2, 0.25) is 0 Å². The van der Waals surface area contributed by atoms with Crippen LogP contribution in [0.3, 0.4) is 0 Å². The van der Waals surface area contributed by atoms with E-state index in [1.807, 2.05) is 12.1 Å². The molecule has 0 aromatic heterocycles. The van der Waals surface area contributed by atoms with Crippen LogP contribution in [-0.4, -0.2) is 26.3 Å². The highest BCUT2D eigenvalue weighted by Gasteiger charge is 2.13. The summed E-state index contributed by atoms with van der Waals surface area (Å²) in [6, 6.07) is 7.66. The highest BCUT2D eigenvalue weighted by molar-refractivity contribution is 5.45. The predicted molar refractivity (Wildman–Crippen MR) is 68.4 cm³/mol. The summed E-state index contributed by atoms with van der Waals surface area (Å²) in [6.45, 7) is 2.58. The lowest BCUT2D eigenvalue weighted by Gasteiger charge is -2.23. The van der Waals surface area contributed by atoms with Crippen molar-refractivity contribution in [2.24, 2.45) is 0 Å². The minimum absolute atomic E-state index is 0.292. The third kappa shape index (κ3) is 3.22.